The highest BCUT2D eigenvalue weighted by Gasteiger charge is 2.28. The molecule has 1 fully saturated rings. The molecule has 0 amide bonds. The van der Waals surface area contributed by atoms with Crippen molar-refractivity contribution in [3.05, 3.63) is 0 Å². The van der Waals surface area contributed by atoms with E-state index in [2.05, 4.69) is 0 Å². The lowest BCUT2D eigenvalue weighted by Gasteiger charge is -2.15. The monoisotopic (exact) mass is 222 g/mol. The Bertz CT molecular complexity index is 266. The first-order valence-corrected chi connectivity index (χ1v) is 6.39. The zero-order valence-corrected chi connectivity index (χ0v) is 9.29. The van der Waals surface area contributed by atoms with E-state index in [4.69, 9.17) is 10.5 Å². The Morgan fingerprint density at radius 1 is 1.57 bits per heavy atom. The van der Waals surface area contributed by atoms with E-state index >= 15 is 0 Å². The minimum Gasteiger partial charge on any atom is -0.385 e. The fourth-order valence-corrected chi connectivity index (χ4v) is 3.06. The summed E-state index contributed by atoms with van der Waals surface area (Å²) in [6, 6.07) is 0.00667. The van der Waals surface area contributed by atoms with E-state index in [-0.39, 0.29) is 11.8 Å². The number of hydrogen-bond donors (Lipinski definition) is 1. The molecule has 1 aliphatic rings. The highest BCUT2D eigenvalue weighted by molar-refractivity contribution is 7.89. The third-order valence-electron chi connectivity index (χ3n) is 2.33. The fourth-order valence-electron chi connectivity index (χ4n) is 1.52. The molecule has 14 heavy (non-hydrogen) atoms. The zero-order valence-electron chi connectivity index (χ0n) is 8.48. The van der Waals surface area contributed by atoms with E-state index in [0.717, 1.165) is 6.42 Å². The number of sulfonamides is 1. The normalized spacial score (nSPS) is 24.3. The predicted octanol–water partition coefficient (Wildman–Crippen LogP) is -0.614. The number of nitrogens with zero attached hydrogens (tertiary/aromatic N) is 1. The van der Waals surface area contributed by atoms with E-state index < -0.39 is 10.0 Å². The molecule has 1 rings (SSSR count). The minimum atomic E-state index is -3.09. The van der Waals surface area contributed by atoms with Crippen LogP contribution >= 0.6 is 0 Å². The van der Waals surface area contributed by atoms with Crippen molar-refractivity contribution in [1.29, 1.82) is 0 Å². The molecule has 1 saturated heterocycles. The number of hydrogen-bond acceptors (Lipinski definition) is 4. The van der Waals surface area contributed by atoms with Gasteiger partial charge in [-0.1, -0.05) is 0 Å². The van der Waals surface area contributed by atoms with Crippen molar-refractivity contribution in [3.8, 4) is 0 Å². The number of rotatable bonds is 5. The van der Waals surface area contributed by atoms with Gasteiger partial charge in [0.2, 0.25) is 10.0 Å². The molecule has 2 N–H and O–H groups in total. The van der Waals surface area contributed by atoms with Gasteiger partial charge in [0.1, 0.15) is 0 Å². The van der Waals surface area contributed by atoms with Crippen LogP contribution in [0.3, 0.4) is 0 Å². The molecular weight excluding hydrogens is 204 g/mol. The largest absolute Gasteiger partial charge is 0.385 e. The Labute approximate surface area is 85.3 Å². The van der Waals surface area contributed by atoms with E-state index in [1.54, 1.807) is 7.11 Å². The SMILES string of the molecule is COCCCS(=O)(=O)N1CC[C@@H](N)C1. The first-order valence-electron chi connectivity index (χ1n) is 4.78. The molecule has 0 bridgehead atoms. The first-order chi connectivity index (χ1) is 6.56. The van der Waals surface area contributed by atoms with Crippen molar-refractivity contribution in [2.24, 2.45) is 5.73 Å². The molecule has 0 aromatic heterocycles. The van der Waals surface area contributed by atoms with Crippen LogP contribution in [0, 0.1) is 0 Å². The van der Waals surface area contributed by atoms with Crippen LogP contribution in [0.5, 0.6) is 0 Å². The van der Waals surface area contributed by atoms with Gasteiger partial charge in [-0.3, -0.25) is 0 Å². The summed E-state index contributed by atoms with van der Waals surface area (Å²) in [4.78, 5) is 0. The standard InChI is InChI=1S/C8H18N2O3S/c1-13-5-2-6-14(11,12)10-4-3-8(9)7-10/h8H,2-7,9H2,1H3/t8-/m1/s1. The van der Waals surface area contributed by atoms with Crippen LogP contribution in [-0.2, 0) is 14.8 Å². The topological polar surface area (TPSA) is 72.6 Å². The van der Waals surface area contributed by atoms with Crippen molar-refractivity contribution in [1.82, 2.24) is 4.31 Å². The number of nitrogens with two attached hydrogens (primary N) is 1. The molecule has 0 aromatic rings. The van der Waals surface area contributed by atoms with Crippen molar-refractivity contribution in [2.75, 3.05) is 32.6 Å². The van der Waals surface area contributed by atoms with E-state index in [1.165, 1.54) is 4.31 Å². The second kappa shape index (κ2) is 5.06. The lowest BCUT2D eigenvalue weighted by atomic mass is 10.3. The zero-order chi connectivity index (χ0) is 10.6. The Morgan fingerprint density at radius 2 is 2.29 bits per heavy atom. The van der Waals surface area contributed by atoms with Crippen molar-refractivity contribution in [2.45, 2.75) is 18.9 Å². The van der Waals surface area contributed by atoms with Crippen LogP contribution in [-0.4, -0.2) is 51.3 Å². The van der Waals surface area contributed by atoms with E-state index in [1.807, 2.05) is 0 Å². The molecular formula is C8H18N2O3S. The maximum absolute atomic E-state index is 11.7. The number of methoxy groups -OCH3 is 1. The maximum Gasteiger partial charge on any atom is 0.214 e. The third kappa shape index (κ3) is 3.20. The minimum absolute atomic E-state index is 0.00667. The predicted molar refractivity (Wildman–Crippen MR) is 54.4 cm³/mol. The fraction of sp³-hybridized carbons (Fsp3) is 1.00. The molecule has 1 heterocycles. The van der Waals surface area contributed by atoms with Crippen LogP contribution in [0.2, 0.25) is 0 Å². The molecule has 84 valence electrons. The van der Waals surface area contributed by atoms with Crippen LogP contribution in [0.4, 0.5) is 0 Å². The Morgan fingerprint density at radius 3 is 2.79 bits per heavy atom. The van der Waals surface area contributed by atoms with Gasteiger partial charge in [-0.05, 0) is 12.8 Å². The second-order valence-electron chi connectivity index (χ2n) is 3.57. The van der Waals surface area contributed by atoms with Crippen LogP contribution in [0.1, 0.15) is 12.8 Å². The summed E-state index contributed by atoms with van der Waals surface area (Å²) in [5, 5.41) is 0. The average Bonchev–Trinajstić information content (AvgIpc) is 2.53. The van der Waals surface area contributed by atoms with Gasteiger partial charge in [0, 0.05) is 32.8 Å². The summed E-state index contributed by atoms with van der Waals surface area (Å²) in [6.07, 6.45) is 1.31. The van der Waals surface area contributed by atoms with Crippen molar-refractivity contribution in [3.63, 3.8) is 0 Å². The summed E-state index contributed by atoms with van der Waals surface area (Å²) >= 11 is 0. The molecule has 1 atom stereocenters. The molecule has 0 aliphatic carbocycles. The average molecular weight is 222 g/mol. The smallest absolute Gasteiger partial charge is 0.214 e. The Hall–Kier alpha value is -0.170. The van der Waals surface area contributed by atoms with Gasteiger partial charge in [0.25, 0.3) is 0 Å². The molecule has 0 spiro atoms. The summed E-state index contributed by atoms with van der Waals surface area (Å²) in [6.45, 7) is 1.52. The molecule has 0 aromatic carbocycles. The van der Waals surface area contributed by atoms with Crippen LogP contribution in [0.15, 0.2) is 0 Å². The Kier molecular flexibility index (Phi) is 4.31. The highest BCUT2D eigenvalue weighted by atomic mass is 32.2. The lowest BCUT2D eigenvalue weighted by Crippen LogP contribution is -2.33. The molecule has 5 nitrogen and oxygen atoms in total. The van der Waals surface area contributed by atoms with Crippen LogP contribution < -0.4 is 5.73 Å². The van der Waals surface area contributed by atoms with Gasteiger partial charge in [-0.25, -0.2) is 12.7 Å². The maximum atomic E-state index is 11.7. The summed E-state index contributed by atoms with van der Waals surface area (Å²) < 4.78 is 29.6. The highest BCUT2D eigenvalue weighted by Crippen LogP contribution is 2.13. The van der Waals surface area contributed by atoms with Crippen LogP contribution in [0.25, 0.3) is 0 Å². The molecule has 0 saturated carbocycles. The molecule has 0 unspecified atom stereocenters. The summed E-state index contributed by atoms with van der Waals surface area (Å²) in [5.74, 6) is 0.160. The molecule has 6 heteroatoms. The van der Waals surface area contributed by atoms with Gasteiger partial charge in [-0.2, -0.15) is 0 Å². The van der Waals surface area contributed by atoms with E-state index in [9.17, 15) is 8.42 Å². The Balaban J connectivity index is 2.41. The van der Waals surface area contributed by atoms with Gasteiger partial charge in [-0.15, -0.1) is 0 Å². The van der Waals surface area contributed by atoms with Crippen molar-refractivity contribution >= 4 is 10.0 Å². The van der Waals surface area contributed by atoms with Gasteiger partial charge in [0.05, 0.1) is 5.75 Å². The third-order valence-corrected chi connectivity index (χ3v) is 4.25. The quantitative estimate of drug-likeness (QED) is 0.630. The van der Waals surface area contributed by atoms with Gasteiger partial charge < -0.3 is 10.5 Å². The molecule has 0 radical (unpaired) electrons. The first kappa shape index (κ1) is 11.9. The van der Waals surface area contributed by atoms with Gasteiger partial charge in [0.15, 0.2) is 0 Å². The molecule has 1 aliphatic heterocycles. The summed E-state index contributed by atoms with van der Waals surface area (Å²) in [7, 11) is -1.52. The van der Waals surface area contributed by atoms with Gasteiger partial charge >= 0.3 is 0 Å². The second-order valence-corrected chi connectivity index (χ2v) is 5.66. The van der Waals surface area contributed by atoms with Crippen molar-refractivity contribution < 1.29 is 13.2 Å². The lowest BCUT2D eigenvalue weighted by molar-refractivity contribution is 0.199. The number of ether oxygens (including phenoxy) is 1. The summed E-state index contributed by atoms with van der Waals surface area (Å²) in [5.41, 5.74) is 5.65. The van der Waals surface area contributed by atoms with E-state index in [0.29, 0.717) is 26.1 Å².